The first-order chi connectivity index (χ1) is 9.85. The van der Waals surface area contributed by atoms with Crippen LogP contribution in [0.25, 0.3) is 0 Å². The highest BCUT2D eigenvalue weighted by Gasteiger charge is 2.15. The van der Waals surface area contributed by atoms with Gasteiger partial charge in [0.1, 0.15) is 5.78 Å². The number of nitrogens with one attached hydrogen (secondary N) is 1. The van der Waals surface area contributed by atoms with Crippen LogP contribution in [-0.2, 0) is 26.0 Å². The molecule has 1 aromatic rings. The molecule has 6 nitrogen and oxygen atoms in total. The predicted molar refractivity (Wildman–Crippen MR) is 77.5 cm³/mol. The maximum Gasteiger partial charge on any atom is 0.303 e. The second kappa shape index (κ2) is 7.90. The minimum atomic E-state index is -3.71. The van der Waals surface area contributed by atoms with Crippen molar-refractivity contribution >= 4 is 21.8 Å². The van der Waals surface area contributed by atoms with Crippen LogP contribution in [0.15, 0.2) is 29.2 Å². The zero-order valence-electron chi connectivity index (χ0n) is 11.8. The van der Waals surface area contributed by atoms with Crippen molar-refractivity contribution in [2.24, 2.45) is 0 Å². The SMILES string of the molecule is CCc1ccc(S(=O)(=O)NCC(=O)CCCC(=O)O)cc1. The van der Waals surface area contributed by atoms with Crippen LogP contribution >= 0.6 is 0 Å². The van der Waals surface area contributed by atoms with Gasteiger partial charge in [-0.15, -0.1) is 0 Å². The molecule has 0 heterocycles. The van der Waals surface area contributed by atoms with Crippen LogP contribution in [0.5, 0.6) is 0 Å². The highest BCUT2D eigenvalue weighted by molar-refractivity contribution is 7.89. The van der Waals surface area contributed by atoms with E-state index < -0.39 is 16.0 Å². The third kappa shape index (κ3) is 6.05. The van der Waals surface area contributed by atoms with Gasteiger partial charge in [-0.3, -0.25) is 9.59 Å². The number of carboxylic acid groups (broad SMARTS) is 1. The van der Waals surface area contributed by atoms with Gasteiger partial charge < -0.3 is 5.11 Å². The normalized spacial score (nSPS) is 11.3. The summed E-state index contributed by atoms with van der Waals surface area (Å²) in [6.45, 7) is 1.65. The van der Waals surface area contributed by atoms with E-state index >= 15 is 0 Å². The topological polar surface area (TPSA) is 101 Å². The number of hydrogen-bond acceptors (Lipinski definition) is 4. The lowest BCUT2D eigenvalue weighted by molar-refractivity contribution is -0.137. The Morgan fingerprint density at radius 2 is 1.76 bits per heavy atom. The van der Waals surface area contributed by atoms with Gasteiger partial charge in [-0.1, -0.05) is 19.1 Å². The molecule has 0 saturated carbocycles. The van der Waals surface area contributed by atoms with Crippen molar-refractivity contribution in [3.63, 3.8) is 0 Å². The van der Waals surface area contributed by atoms with E-state index in [9.17, 15) is 18.0 Å². The van der Waals surface area contributed by atoms with Gasteiger partial charge in [0.25, 0.3) is 0 Å². The van der Waals surface area contributed by atoms with Crippen LogP contribution in [0, 0.1) is 0 Å². The molecule has 0 amide bonds. The molecule has 0 radical (unpaired) electrons. The number of carbonyl (C=O) groups excluding carboxylic acids is 1. The molecule has 0 unspecified atom stereocenters. The lowest BCUT2D eigenvalue weighted by Gasteiger charge is -2.06. The molecule has 0 aromatic heterocycles. The van der Waals surface area contributed by atoms with Crippen LogP contribution in [0.2, 0.25) is 0 Å². The molecule has 0 aliphatic rings. The molecule has 0 spiro atoms. The quantitative estimate of drug-likeness (QED) is 0.716. The average Bonchev–Trinajstić information content (AvgIpc) is 2.45. The monoisotopic (exact) mass is 313 g/mol. The van der Waals surface area contributed by atoms with Crippen LogP contribution < -0.4 is 4.72 Å². The Kier molecular flexibility index (Phi) is 6.51. The third-order valence-electron chi connectivity index (χ3n) is 2.95. The van der Waals surface area contributed by atoms with Crippen molar-refractivity contribution in [3.05, 3.63) is 29.8 Å². The lowest BCUT2D eigenvalue weighted by Crippen LogP contribution is -2.29. The van der Waals surface area contributed by atoms with Crippen LogP contribution in [0.1, 0.15) is 31.7 Å². The number of rotatable bonds is 9. The Morgan fingerprint density at radius 1 is 1.14 bits per heavy atom. The second-order valence-electron chi connectivity index (χ2n) is 4.61. The summed E-state index contributed by atoms with van der Waals surface area (Å²) in [6, 6.07) is 6.44. The minimum Gasteiger partial charge on any atom is -0.481 e. The molecule has 1 aromatic carbocycles. The van der Waals surface area contributed by atoms with Gasteiger partial charge in [-0.2, -0.15) is 0 Å². The van der Waals surface area contributed by atoms with Gasteiger partial charge in [0, 0.05) is 12.8 Å². The maximum atomic E-state index is 12.0. The number of carbonyl (C=O) groups is 2. The molecule has 7 heteroatoms. The fourth-order valence-corrected chi connectivity index (χ4v) is 2.70. The molecular weight excluding hydrogens is 294 g/mol. The maximum absolute atomic E-state index is 12.0. The van der Waals surface area contributed by atoms with Crippen molar-refractivity contribution in [2.45, 2.75) is 37.5 Å². The van der Waals surface area contributed by atoms with Crippen molar-refractivity contribution in [1.82, 2.24) is 4.72 Å². The minimum absolute atomic E-state index is 0.0452. The van der Waals surface area contributed by atoms with Gasteiger partial charge in [-0.05, 0) is 30.5 Å². The van der Waals surface area contributed by atoms with E-state index in [1.165, 1.54) is 12.1 Å². The van der Waals surface area contributed by atoms with E-state index in [2.05, 4.69) is 4.72 Å². The molecular formula is C14H19NO5S. The second-order valence-corrected chi connectivity index (χ2v) is 6.37. The first kappa shape index (κ1) is 17.3. The van der Waals surface area contributed by atoms with E-state index in [-0.39, 0.29) is 36.5 Å². The summed E-state index contributed by atoms with van der Waals surface area (Å²) in [5, 5.41) is 8.45. The molecule has 2 N–H and O–H groups in total. The number of hydrogen-bond donors (Lipinski definition) is 2. The van der Waals surface area contributed by atoms with E-state index in [4.69, 9.17) is 5.11 Å². The Labute approximate surface area is 124 Å². The first-order valence-corrected chi connectivity index (χ1v) is 8.15. The number of carboxylic acids is 1. The van der Waals surface area contributed by atoms with Gasteiger partial charge in [0.15, 0.2) is 0 Å². The Bertz CT molecular complexity index is 592. The van der Waals surface area contributed by atoms with E-state index in [0.717, 1.165) is 12.0 Å². The van der Waals surface area contributed by atoms with E-state index in [1.54, 1.807) is 12.1 Å². The number of ketones is 1. The Hall–Kier alpha value is -1.73. The smallest absolute Gasteiger partial charge is 0.303 e. The zero-order chi connectivity index (χ0) is 15.9. The number of Topliss-reactive ketones (excluding diaryl/α,β-unsaturated/α-hetero) is 1. The first-order valence-electron chi connectivity index (χ1n) is 6.67. The zero-order valence-corrected chi connectivity index (χ0v) is 12.6. The van der Waals surface area contributed by atoms with E-state index in [0.29, 0.717) is 0 Å². The van der Waals surface area contributed by atoms with E-state index in [1.807, 2.05) is 6.92 Å². The van der Waals surface area contributed by atoms with Gasteiger partial charge in [-0.25, -0.2) is 13.1 Å². The fraction of sp³-hybridized carbons (Fsp3) is 0.429. The highest BCUT2D eigenvalue weighted by atomic mass is 32.2. The number of benzene rings is 1. The van der Waals surface area contributed by atoms with Crippen LogP contribution in [-0.4, -0.2) is 31.8 Å². The van der Waals surface area contributed by atoms with Crippen molar-refractivity contribution in [1.29, 1.82) is 0 Å². The number of sulfonamides is 1. The molecule has 116 valence electrons. The number of aliphatic carboxylic acids is 1. The molecule has 0 bridgehead atoms. The summed E-state index contributed by atoms with van der Waals surface area (Å²) in [5.41, 5.74) is 1.03. The van der Waals surface area contributed by atoms with Crippen molar-refractivity contribution in [2.75, 3.05) is 6.54 Å². The van der Waals surface area contributed by atoms with Gasteiger partial charge >= 0.3 is 5.97 Å². The molecule has 0 aliphatic heterocycles. The van der Waals surface area contributed by atoms with Crippen LogP contribution in [0.4, 0.5) is 0 Å². The molecule has 21 heavy (non-hydrogen) atoms. The summed E-state index contributed by atoms with van der Waals surface area (Å²) >= 11 is 0. The predicted octanol–water partition coefficient (Wildman–Crippen LogP) is 1.35. The summed E-state index contributed by atoms with van der Waals surface area (Å²) in [5.74, 6) is -1.30. The Morgan fingerprint density at radius 3 is 2.29 bits per heavy atom. The van der Waals surface area contributed by atoms with Crippen molar-refractivity contribution in [3.8, 4) is 0 Å². The van der Waals surface area contributed by atoms with Gasteiger partial charge in [0.05, 0.1) is 11.4 Å². The number of aryl methyl sites for hydroxylation is 1. The molecule has 0 saturated heterocycles. The average molecular weight is 313 g/mol. The van der Waals surface area contributed by atoms with Crippen LogP contribution in [0.3, 0.4) is 0 Å². The third-order valence-corrected chi connectivity index (χ3v) is 4.36. The van der Waals surface area contributed by atoms with Crippen molar-refractivity contribution < 1.29 is 23.1 Å². The summed E-state index contributed by atoms with van der Waals surface area (Å²) in [7, 11) is -3.71. The summed E-state index contributed by atoms with van der Waals surface area (Å²) in [6.07, 6.45) is 0.970. The Balaban J connectivity index is 2.52. The summed E-state index contributed by atoms with van der Waals surface area (Å²) in [4.78, 5) is 21.9. The molecule has 1 rings (SSSR count). The summed E-state index contributed by atoms with van der Waals surface area (Å²) < 4.78 is 26.1. The molecule has 0 atom stereocenters. The standard InChI is InChI=1S/C14H19NO5S/c1-2-11-6-8-13(9-7-11)21(19,20)15-10-12(16)4-3-5-14(17)18/h6-9,15H,2-5,10H2,1H3,(H,17,18). The molecule has 0 aliphatic carbocycles. The van der Waals surface area contributed by atoms with Gasteiger partial charge in [0.2, 0.25) is 10.0 Å². The largest absolute Gasteiger partial charge is 0.481 e. The molecule has 0 fully saturated rings. The highest BCUT2D eigenvalue weighted by Crippen LogP contribution is 2.10. The lowest BCUT2D eigenvalue weighted by atomic mass is 10.2. The fourth-order valence-electron chi connectivity index (χ4n) is 1.69.